The number of nitro benzene ring substituents is 1. The van der Waals surface area contributed by atoms with Crippen LogP contribution < -0.4 is 5.32 Å². The molecule has 2 rings (SSSR count). The SMILES string of the molecule is O=C(Cn1cccn1)Nc1c(O)cccc1[N+](=O)[O-]. The number of carbonyl (C=O) groups excluding carboxylic acids is 1. The van der Waals surface area contributed by atoms with E-state index < -0.39 is 10.8 Å². The first-order chi connectivity index (χ1) is 9.08. The van der Waals surface area contributed by atoms with E-state index in [2.05, 4.69) is 10.4 Å². The quantitative estimate of drug-likeness (QED) is 0.487. The molecule has 19 heavy (non-hydrogen) atoms. The second-order valence-electron chi connectivity index (χ2n) is 3.68. The fraction of sp³-hybridized carbons (Fsp3) is 0.0909. The summed E-state index contributed by atoms with van der Waals surface area (Å²) in [5.74, 6) is -0.878. The Kier molecular flexibility index (Phi) is 3.42. The standard InChI is InChI=1S/C11H10N4O4/c16-9-4-1-3-8(15(18)19)11(9)13-10(17)7-14-6-2-5-12-14/h1-6,16H,7H2,(H,13,17). The maximum atomic E-state index is 11.7. The number of nitro groups is 1. The number of phenols is 1. The minimum Gasteiger partial charge on any atom is -0.505 e. The van der Waals surface area contributed by atoms with Crippen LogP contribution in [-0.4, -0.2) is 25.7 Å². The number of rotatable bonds is 4. The zero-order valence-electron chi connectivity index (χ0n) is 9.68. The number of anilines is 1. The van der Waals surface area contributed by atoms with Crippen molar-refractivity contribution < 1.29 is 14.8 Å². The monoisotopic (exact) mass is 262 g/mol. The van der Waals surface area contributed by atoms with Crippen LogP contribution in [0.3, 0.4) is 0 Å². The van der Waals surface area contributed by atoms with Crippen LogP contribution in [0.15, 0.2) is 36.7 Å². The molecule has 0 bridgehead atoms. The highest BCUT2D eigenvalue weighted by molar-refractivity contribution is 5.94. The van der Waals surface area contributed by atoms with Crippen molar-refractivity contribution >= 4 is 17.3 Å². The van der Waals surface area contributed by atoms with Gasteiger partial charge in [-0.3, -0.25) is 19.6 Å². The van der Waals surface area contributed by atoms with Crippen molar-refractivity contribution in [2.45, 2.75) is 6.54 Å². The highest BCUT2D eigenvalue weighted by Gasteiger charge is 2.19. The molecule has 2 aromatic rings. The van der Waals surface area contributed by atoms with Crippen LogP contribution in [0.1, 0.15) is 0 Å². The molecule has 1 aromatic heterocycles. The van der Waals surface area contributed by atoms with E-state index >= 15 is 0 Å². The van der Waals surface area contributed by atoms with Crippen molar-refractivity contribution in [2.24, 2.45) is 0 Å². The molecule has 0 aliphatic heterocycles. The lowest BCUT2D eigenvalue weighted by Crippen LogP contribution is -2.19. The lowest BCUT2D eigenvalue weighted by Gasteiger charge is -2.07. The van der Waals surface area contributed by atoms with Crippen molar-refractivity contribution in [1.82, 2.24) is 9.78 Å². The van der Waals surface area contributed by atoms with Gasteiger partial charge in [-0.1, -0.05) is 6.07 Å². The summed E-state index contributed by atoms with van der Waals surface area (Å²) in [5, 5.41) is 26.5. The van der Waals surface area contributed by atoms with Crippen LogP contribution in [0.25, 0.3) is 0 Å². The number of aromatic hydroxyl groups is 1. The minimum absolute atomic E-state index is 0.0987. The average molecular weight is 262 g/mol. The van der Waals surface area contributed by atoms with Gasteiger partial charge in [-0.25, -0.2) is 0 Å². The molecule has 0 radical (unpaired) electrons. The maximum Gasteiger partial charge on any atom is 0.296 e. The summed E-state index contributed by atoms with van der Waals surface area (Å²) in [4.78, 5) is 21.8. The summed E-state index contributed by atoms with van der Waals surface area (Å²) >= 11 is 0. The number of para-hydroxylation sites is 1. The third kappa shape index (κ3) is 2.86. The smallest absolute Gasteiger partial charge is 0.296 e. The number of phenolic OH excluding ortho intramolecular Hbond substituents is 1. The lowest BCUT2D eigenvalue weighted by atomic mass is 10.2. The van der Waals surface area contributed by atoms with Crippen molar-refractivity contribution in [2.75, 3.05) is 5.32 Å². The molecule has 8 nitrogen and oxygen atoms in total. The van der Waals surface area contributed by atoms with Crippen LogP contribution in [-0.2, 0) is 11.3 Å². The van der Waals surface area contributed by atoms with Crippen LogP contribution >= 0.6 is 0 Å². The zero-order chi connectivity index (χ0) is 13.8. The fourth-order valence-corrected chi connectivity index (χ4v) is 1.53. The third-order valence-corrected chi connectivity index (χ3v) is 2.35. The largest absolute Gasteiger partial charge is 0.505 e. The van der Waals surface area contributed by atoms with Crippen LogP contribution in [0, 0.1) is 10.1 Å². The number of aromatic nitrogens is 2. The maximum absolute atomic E-state index is 11.7. The number of benzene rings is 1. The Morgan fingerprint density at radius 2 is 2.26 bits per heavy atom. The highest BCUT2D eigenvalue weighted by Crippen LogP contribution is 2.32. The molecule has 1 heterocycles. The molecule has 0 aliphatic carbocycles. The van der Waals surface area contributed by atoms with E-state index in [1.165, 1.54) is 29.1 Å². The van der Waals surface area contributed by atoms with Gasteiger partial charge in [-0.15, -0.1) is 0 Å². The molecule has 0 fully saturated rings. The van der Waals surface area contributed by atoms with Gasteiger partial charge in [0.15, 0.2) is 5.69 Å². The number of amides is 1. The van der Waals surface area contributed by atoms with Gasteiger partial charge in [0.1, 0.15) is 12.3 Å². The molecule has 1 aromatic carbocycles. The molecule has 0 saturated heterocycles. The number of nitrogens with zero attached hydrogens (tertiary/aromatic N) is 3. The first-order valence-corrected chi connectivity index (χ1v) is 5.31. The molecule has 0 aliphatic rings. The van der Waals surface area contributed by atoms with Crippen LogP contribution in [0.4, 0.5) is 11.4 Å². The molecule has 8 heteroatoms. The Bertz CT molecular complexity index is 609. The molecule has 98 valence electrons. The van der Waals surface area contributed by atoms with E-state index in [-0.39, 0.29) is 23.7 Å². The Labute approximate surface area is 107 Å². The van der Waals surface area contributed by atoms with E-state index in [1.54, 1.807) is 12.3 Å². The Morgan fingerprint density at radius 1 is 1.47 bits per heavy atom. The van der Waals surface area contributed by atoms with Crippen molar-refractivity contribution in [3.8, 4) is 5.75 Å². The number of hydrogen-bond donors (Lipinski definition) is 2. The predicted molar refractivity (Wildman–Crippen MR) is 65.6 cm³/mol. The van der Waals surface area contributed by atoms with Gasteiger partial charge in [0.05, 0.1) is 4.92 Å². The normalized spacial score (nSPS) is 10.1. The Balaban J connectivity index is 2.19. The molecular formula is C11H10N4O4. The van der Waals surface area contributed by atoms with Gasteiger partial charge in [0.25, 0.3) is 5.69 Å². The average Bonchev–Trinajstić information content (AvgIpc) is 2.84. The molecule has 0 atom stereocenters. The van der Waals surface area contributed by atoms with Crippen LogP contribution in [0.2, 0.25) is 0 Å². The van der Waals surface area contributed by atoms with Gasteiger partial charge in [-0.05, 0) is 12.1 Å². The second kappa shape index (κ2) is 5.17. The molecule has 0 saturated carbocycles. The summed E-state index contributed by atoms with van der Waals surface area (Å²) in [5.41, 5.74) is -0.585. The van der Waals surface area contributed by atoms with E-state index in [1.807, 2.05) is 0 Å². The molecular weight excluding hydrogens is 252 g/mol. The van der Waals surface area contributed by atoms with Gasteiger partial charge in [-0.2, -0.15) is 5.10 Å². The number of hydrogen-bond acceptors (Lipinski definition) is 5. The summed E-state index contributed by atoms with van der Waals surface area (Å²) < 4.78 is 1.36. The Morgan fingerprint density at radius 3 is 2.89 bits per heavy atom. The lowest BCUT2D eigenvalue weighted by molar-refractivity contribution is -0.384. The van der Waals surface area contributed by atoms with E-state index in [9.17, 15) is 20.0 Å². The topological polar surface area (TPSA) is 110 Å². The number of nitrogens with one attached hydrogen (secondary N) is 1. The zero-order valence-corrected chi connectivity index (χ0v) is 9.68. The van der Waals surface area contributed by atoms with E-state index in [0.29, 0.717) is 0 Å². The summed E-state index contributed by atoms with van der Waals surface area (Å²) in [7, 11) is 0. The van der Waals surface area contributed by atoms with E-state index in [0.717, 1.165) is 0 Å². The molecule has 0 spiro atoms. The Hall–Kier alpha value is -2.90. The van der Waals surface area contributed by atoms with Gasteiger partial charge >= 0.3 is 0 Å². The number of carbonyl (C=O) groups is 1. The summed E-state index contributed by atoms with van der Waals surface area (Å²) in [6.07, 6.45) is 3.09. The summed E-state index contributed by atoms with van der Waals surface area (Å²) in [6.45, 7) is -0.0987. The van der Waals surface area contributed by atoms with Gasteiger partial charge in [0, 0.05) is 18.5 Å². The first kappa shape index (κ1) is 12.6. The molecule has 2 N–H and O–H groups in total. The van der Waals surface area contributed by atoms with Gasteiger partial charge < -0.3 is 10.4 Å². The minimum atomic E-state index is -0.677. The third-order valence-electron chi connectivity index (χ3n) is 2.35. The van der Waals surface area contributed by atoms with Crippen molar-refractivity contribution in [1.29, 1.82) is 0 Å². The molecule has 1 amide bonds. The fourth-order valence-electron chi connectivity index (χ4n) is 1.53. The van der Waals surface area contributed by atoms with Gasteiger partial charge in [0.2, 0.25) is 5.91 Å². The second-order valence-corrected chi connectivity index (χ2v) is 3.68. The summed E-state index contributed by atoms with van der Waals surface area (Å²) in [6, 6.07) is 5.44. The molecule has 0 unspecified atom stereocenters. The van der Waals surface area contributed by atoms with Crippen molar-refractivity contribution in [3.05, 3.63) is 46.8 Å². The van der Waals surface area contributed by atoms with E-state index in [4.69, 9.17) is 0 Å². The highest BCUT2D eigenvalue weighted by atomic mass is 16.6. The predicted octanol–water partition coefficient (Wildman–Crippen LogP) is 1.14. The first-order valence-electron chi connectivity index (χ1n) is 5.31. The van der Waals surface area contributed by atoms with Crippen LogP contribution in [0.5, 0.6) is 5.75 Å². The van der Waals surface area contributed by atoms with Crippen molar-refractivity contribution in [3.63, 3.8) is 0 Å².